The van der Waals surface area contributed by atoms with Gasteiger partial charge in [0.25, 0.3) is 0 Å². The Morgan fingerprint density at radius 3 is 2.62 bits per heavy atom. The van der Waals surface area contributed by atoms with E-state index in [1.807, 2.05) is 50.0 Å². The molecule has 0 bridgehead atoms. The number of H-pyrrole nitrogens is 1. The van der Waals surface area contributed by atoms with E-state index in [-0.39, 0.29) is 0 Å². The molecule has 102 valence electrons. The van der Waals surface area contributed by atoms with Crippen LogP contribution in [0.4, 0.5) is 0 Å². The van der Waals surface area contributed by atoms with Crippen molar-refractivity contribution in [3.63, 3.8) is 0 Å². The first-order valence-electron chi connectivity index (χ1n) is 6.68. The molecule has 0 radical (unpaired) electrons. The van der Waals surface area contributed by atoms with Gasteiger partial charge >= 0.3 is 0 Å². The number of pyridine rings is 2. The number of hydrogen-bond acceptors (Lipinski definition) is 3. The molecular weight excluding hydrogens is 262 g/mol. The molecule has 4 aromatic rings. The molecule has 0 aliphatic rings. The summed E-state index contributed by atoms with van der Waals surface area (Å²) >= 11 is 0. The highest BCUT2D eigenvalue weighted by Gasteiger charge is 2.13. The van der Waals surface area contributed by atoms with Crippen LogP contribution in [0.1, 0.15) is 0 Å². The molecule has 4 aromatic heterocycles. The lowest BCUT2D eigenvalue weighted by Crippen LogP contribution is -1.85. The summed E-state index contributed by atoms with van der Waals surface area (Å²) in [4.78, 5) is 11.7. The first kappa shape index (κ1) is 11.8. The third kappa shape index (κ3) is 1.90. The Balaban J connectivity index is 2.02. The second-order valence-corrected chi connectivity index (χ2v) is 4.92. The van der Waals surface area contributed by atoms with E-state index in [0.717, 1.165) is 33.3 Å². The summed E-state index contributed by atoms with van der Waals surface area (Å²) < 4.78 is 1.80. The van der Waals surface area contributed by atoms with Gasteiger partial charge in [0.2, 0.25) is 0 Å². The van der Waals surface area contributed by atoms with E-state index in [1.165, 1.54) is 0 Å². The predicted molar refractivity (Wildman–Crippen MR) is 81.5 cm³/mol. The van der Waals surface area contributed by atoms with Crippen molar-refractivity contribution in [2.45, 2.75) is 0 Å². The van der Waals surface area contributed by atoms with E-state index in [2.05, 4.69) is 20.1 Å². The highest BCUT2D eigenvalue weighted by molar-refractivity contribution is 6.03. The fourth-order valence-corrected chi connectivity index (χ4v) is 2.62. The molecule has 0 atom stereocenters. The van der Waals surface area contributed by atoms with Gasteiger partial charge in [-0.2, -0.15) is 5.10 Å². The number of aryl methyl sites for hydroxylation is 1. The van der Waals surface area contributed by atoms with Crippen LogP contribution in [0.5, 0.6) is 0 Å². The van der Waals surface area contributed by atoms with Crippen molar-refractivity contribution in [3.8, 4) is 22.3 Å². The smallest absolute Gasteiger partial charge is 0.138 e. The quantitative estimate of drug-likeness (QED) is 0.611. The second kappa shape index (κ2) is 4.56. The van der Waals surface area contributed by atoms with Gasteiger partial charge in [-0.1, -0.05) is 0 Å². The Kier molecular flexibility index (Phi) is 2.57. The van der Waals surface area contributed by atoms with Gasteiger partial charge in [0.15, 0.2) is 0 Å². The Hall–Kier alpha value is -2.95. The zero-order valence-corrected chi connectivity index (χ0v) is 11.5. The number of nitrogens with zero attached hydrogens (tertiary/aromatic N) is 4. The summed E-state index contributed by atoms with van der Waals surface area (Å²) in [6.45, 7) is 0. The number of rotatable bonds is 2. The van der Waals surface area contributed by atoms with Crippen molar-refractivity contribution in [3.05, 3.63) is 55.4 Å². The summed E-state index contributed by atoms with van der Waals surface area (Å²) in [6, 6.07) is 6.05. The van der Waals surface area contributed by atoms with E-state index in [1.54, 1.807) is 17.1 Å². The highest BCUT2D eigenvalue weighted by atomic mass is 15.2. The summed E-state index contributed by atoms with van der Waals surface area (Å²) in [5.41, 5.74) is 5.33. The lowest BCUT2D eigenvalue weighted by Gasteiger charge is -2.04. The fraction of sp³-hybridized carbons (Fsp3) is 0.0625. The summed E-state index contributed by atoms with van der Waals surface area (Å²) in [5.74, 6) is 0. The maximum atomic E-state index is 4.42. The average Bonchev–Trinajstić information content (AvgIpc) is 3.13. The van der Waals surface area contributed by atoms with Gasteiger partial charge in [-0.25, -0.2) is 4.98 Å². The van der Waals surface area contributed by atoms with Crippen LogP contribution >= 0.6 is 0 Å². The molecule has 5 nitrogen and oxygen atoms in total. The molecular formula is C16H13N5. The van der Waals surface area contributed by atoms with Crippen LogP contribution in [-0.2, 0) is 7.05 Å². The molecule has 0 amide bonds. The van der Waals surface area contributed by atoms with Crippen molar-refractivity contribution in [1.29, 1.82) is 0 Å². The van der Waals surface area contributed by atoms with Gasteiger partial charge < -0.3 is 4.98 Å². The monoisotopic (exact) mass is 275 g/mol. The molecule has 0 saturated heterocycles. The summed E-state index contributed by atoms with van der Waals surface area (Å²) in [5, 5.41) is 5.36. The fourth-order valence-electron chi connectivity index (χ4n) is 2.62. The van der Waals surface area contributed by atoms with Gasteiger partial charge in [0.05, 0.1) is 6.20 Å². The lowest BCUT2D eigenvalue weighted by atomic mass is 10.0. The number of nitrogens with one attached hydrogen (secondary N) is 1. The van der Waals surface area contributed by atoms with Crippen LogP contribution in [0.2, 0.25) is 0 Å². The Morgan fingerprint density at radius 2 is 1.86 bits per heavy atom. The minimum atomic E-state index is 0.878. The molecule has 0 saturated carbocycles. The van der Waals surface area contributed by atoms with Gasteiger partial charge in [-0.15, -0.1) is 0 Å². The summed E-state index contributed by atoms with van der Waals surface area (Å²) in [7, 11) is 1.92. The van der Waals surface area contributed by atoms with Crippen molar-refractivity contribution in [1.82, 2.24) is 24.7 Å². The molecule has 0 aliphatic heterocycles. The van der Waals surface area contributed by atoms with Crippen molar-refractivity contribution in [2.24, 2.45) is 7.05 Å². The van der Waals surface area contributed by atoms with E-state index < -0.39 is 0 Å². The third-order valence-electron chi connectivity index (χ3n) is 3.58. The van der Waals surface area contributed by atoms with Gasteiger partial charge in [0.1, 0.15) is 5.65 Å². The van der Waals surface area contributed by atoms with Crippen LogP contribution in [0.25, 0.3) is 33.3 Å². The van der Waals surface area contributed by atoms with Crippen LogP contribution in [0, 0.1) is 0 Å². The molecule has 21 heavy (non-hydrogen) atoms. The summed E-state index contributed by atoms with van der Waals surface area (Å²) in [6.07, 6.45) is 11.3. The standard InChI is InChI=1S/C16H13N5/c1-21-10-12(8-20-21)14-9-19-16-15(14)13(4-7-18-16)11-2-5-17-6-3-11/h2-10H,1H3,(H,18,19). The van der Waals surface area contributed by atoms with Crippen LogP contribution in [-0.4, -0.2) is 24.7 Å². The van der Waals surface area contributed by atoms with Crippen molar-refractivity contribution < 1.29 is 0 Å². The first-order valence-corrected chi connectivity index (χ1v) is 6.68. The number of hydrogen-bond donors (Lipinski definition) is 1. The normalized spacial score (nSPS) is 11.1. The Morgan fingerprint density at radius 1 is 1.00 bits per heavy atom. The molecule has 0 fully saturated rings. The lowest BCUT2D eigenvalue weighted by molar-refractivity contribution is 0.768. The van der Waals surface area contributed by atoms with E-state index in [9.17, 15) is 0 Å². The minimum absolute atomic E-state index is 0.878. The molecule has 4 rings (SSSR count). The number of aromatic amines is 1. The predicted octanol–water partition coefficient (Wildman–Crippen LogP) is 3.03. The largest absolute Gasteiger partial charge is 0.345 e. The first-order chi connectivity index (χ1) is 10.3. The molecule has 0 spiro atoms. The zero-order chi connectivity index (χ0) is 14.2. The van der Waals surface area contributed by atoms with Crippen LogP contribution in [0.3, 0.4) is 0 Å². The molecule has 4 heterocycles. The molecule has 5 heteroatoms. The topological polar surface area (TPSA) is 59.4 Å². The average molecular weight is 275 g/mol. The van der Waals surface area contributed by atoms with Crippen LogP contribution in [0.15, 0.2) is 55.4 Å². The van der Waals surface area contributed by atoms with Gasteiger partial charge in [0, 0.05) is 54.5 Å². The minimum Gasteiger partial charge on any atom is -0.345 e. The maximum Gasteiger partial charge on any atom is 0.138 e. The zero-order valence-electron chi connectivity index (χ0n) is 11.5. The highest BCUT2D eigenvalue weighted by Crippen LogP contribution is 2.34. The van der Waals surface area contributed by atoms with E-state index >= 15 is 0 Å². The van der Waals surface area contributed by atoms with E-state index in [0.29, 0.717) is 0 Å². The Bertz CT molecular complexity index is 905. The molecule has 0 aromatic carbocycles. The molecule has 1 N–H and O–H groups in total. The molecule has 0 unspecified atom stereocenters. The SMILES string of the molecule is Cn1cc(-c2c[nH]c3nccc(-c4ccncc4)c23)cn1. The second-order valence-electron chi connectivity index (χ2n) is 4.92. The maximum absolute atomic E-state index is 4.42. The van der Waals surface area contributed by atoms with Gasteiger partial charge in [-0.05, 0) is 29.3 Å². The molecule has 0 aliphatic carbocycles. The Labute approximate surface area is 121 Å². The number of aromatic nitrogens is 5. The van der Waals surface area contributed by atoms with E-state index in [4.69, 9.17) is 0 Å². The number of fused-ring (bicyclic) bond motifs is 1. The third-order valence-corrected chi connectivity index (χ3v) is 3.58. The van der Waals surface area contributed by atoms with Crippen molar-refractivity contribution in [2.75, 3.05) is 0 Å². The van der Waals surface area contributed by atoms with Crippen molar-refractivity contribution >= 4 is 11.0 Å². The van der Waals surface area contributed by atoms with Crippen LogP contribution < -0.4 is 0 Å². The van der Waals surface area contributed by atoms with Gasteiger partial charge in [-0.3, -0.25) is 9.67 Å².